The summed E-state index contributed by atoms with van der Waals surface area (Å²) < 4.78 is 5.46. The summed E-state index contributed by atoms with van der Waals surface area (Å²) in [5.41, 5.74) is 7.33. The smallest absolute Gasteiger partial charge is 0.289 e. The number of H-pyrrole nitrogens is 1. The standard InChI is InChI=1S/C23H24N4O2/c1-4-29-20-12-10-19(11-13-20)21-17(3)22(26-25-21)23(28)27-24-15-16(2)14-18-8-6-5-7-9-18/h5-15H,4H2,1-3H3,(H,25,26)(H,27,28)/b16-14+,24-15-. The average molecular weight is 388 g/mol. The topological polar surface area (TPSA) is 79.4 Å². The van der Waals surface area contributed by atoms with E-state index in [-0.39, 0.29) is 5.91 Å². The Kier molecular flexibility index (Phi) is 6.58. The van der Waals surface area contributed by atoms with E-state index in [0.29, 0.717) is 12.3 Å². The maximum absolute atomic E-state index is 12.5. The number of amides is 1. The second kappa shape index (κ2) is 9.50. The molecule has 0 saturated heterocycles. The Hall–Kier alpha value is -3.67. The molecule has 0 bridgehead atoms. The summed E-state index contributed by atoms with van der Waals surface area (Å²) in [4.78, 5) is 12.5. The third-order valence-electron chi connectivity index (χ3n) is 4.30. The SMILES string of the molecule is CCOc1ccc(-c2n[nH]c(C(=O)N/N=C\C(C)=C\c3ccccc3)c2C)cc1. The molecule has 1 heterocycles. The highest BCUT2D eigenvalue weighted by Crippen LogP contribution is 2.25. The van der Waals surface area contributed by atoms with E-state index in [4.69, 9.17) is 4.74 Å². The highest BCUT2D eigenvalue weighted by Gasteiger charge is 2.16. The summed E-state index contributed by atoms with van der Waals surface area (Å²) in [6, 6.07) is 17.5. The molecular weight excluding hydrogens is 364 g/mol. The van der Waals surface area contributed by atoms with E-state index in [0.717, 1.165) is 33.7 Å². The van der Waals surface area contributed by atoms with Crippen molar-refractivity contribution in [1.82, 2.24) is 15.6 Å². The molecule has 0 unspecified atom stereocenters. The molecule has 6 nitrogen and oxygen atoms in total. The molecule has 3 aromatic rings. The van der Waals surface area contributed by atoms with Gasteiger partial charge in [0.25, 0.3) is 5.91 Å². The van der Waals surface area contributed by atoms with Crippen molar-refractivity contribution in [2.24, 2.45) is 5.10 Å². The number of benzene rings is 2. The van der Waals surface area contributed by atoms with Crippen LogP contribution in [0.5, 0.6) is 5.75 Å². The lowest BCUT2D eigenvalue weighted by Crippen LogP contribution is -2.19. The highest BCUT2D eigenvalue weighted by atomic mass is 16.5. The van der Waals surface area contributed by atoms with Crippen molar-refractivity contribution in [3.05, 3.63) is 77.0 Å². The first kappa shape index (κ1) is 20.1. The first-order valence-corrected chi connectivity index (χ1v) is 9.43. The van der Waals surface area contributed by atoms with E-state index in [1.165, 1.54) is 0 Å². The van der Waals surface area contributed by atoms with Gasteiger partial charge < -0.3 is 4.74 Å². The second-order valence-electron chi connectivity index (χ2n) is 6.53. The van der Waals surface area contributed by atoms with E-state index < -0.39 is 0 Å². The van der Waals surface area contributed by atoms with Gasteiger partial charge in [-0.15, -0.1) is 0 Å². The summed E-state index contributed by atoms with van der Waals surface area (Å²) in [7, 11) is 0. The number of carbonyl (C=O) groups is 1. The van der Waals surface area contributed by atoms with Crippen molar-refractivity contribution in [2.75, 3.05) is 6.61 Å². The van der Waals surface area contributed by atoms with E-state index in [2.05, 4.69) is 20.7 Å². The number of rotatable bonds is 7. The van der Waals surface area contributed by atoms with E-state index in [1.807, 2.05) is 81.4 Å². The Morgan fingerprint density at radius 1 is 1.17 bits per heavy atom. The van der Waals surface area contributed by atoms with Crippen LogP contribution in [0.3, 0.4) is 0 Å². The number of nitrogens with zero attached hydrogens (tertiary/aromatic N) is 2. The largest absolute Gasteiger partial charge is 0.494 e. The minimum atomic E-state index is -0.337. The molecule has 3 rings (SSSR count). The number of aromatic nitrogens is 2. The lowest BCUT2D eigenvalue weighted by molar-refractivity contribution is 0.0949. The van der Waals surface area contributed by atoms with Gasteiger partial charge in [0.1, 0.15) is 11.4 Å². The van der Waals surface area contributed by atoms with Crippen LogP contribution in [-0.4, -0.2) is 28.9 Å². The zero-order chi connectivity index (χ0) is 20.6. The quantitative estimate of drug-likeness (QED) is 0.458. The molecule has 1 aromatic heterocycles. The molecular formula is C23H24N4O2. The van der Waals surface area contributed by atoms with E-state index in [1.54, 1.807) is 6.21 Å². The predicted octanol–water partition coefficient (Wildman–Crippen LogP) is 4.60. The molecule has 29 heavy (non-hydrogen) atoms. The van der Waals surface area contributed by atoms with Crippen LogP contribution in [0.15, 0.2) is 65.3 Å². The number of hydrazone groups is 1. The Bertz CT molecular complexity index is 1020. The van der Waals surface area contributed by atoms with E-state index >= 15 is 0 Å². The first-order chi connectivity index (χ1) is 14.1. The molecule has 1 amide bonds. The Labute approximate surface area is 170 Å². The highest BCUT2D eigenvalue weighted by molar-refractivity contribution is 5.96. The van der Waals surface area contributed by atoms with E-state index in [9.17, 15) is 4.79 Å². The van der Waals surface area contributed by atoms with Gasteiger partial charge in [-0.05, 0) is 56.2 Å². The summed E-state index contributed by atoms with van der Waals surface area (Å²) in [5.74, 6) is 0.464. The first-order valence-electron chi connectivity index (χ1n) is 9.43. The summed E-state index contributed by atoms with van der Waals surface area (Å²) in [6.07, 6.45) is 3.60. The number of hydrogen-bond donors (Lipinski definition) is 2. The fourth-order valence-corrected chi connectivity index (χ4v) is 2.87. The molecule has 0 radical (unpaired) electrons. The van der Waals surface area contributed by atoms with Crippen LogP contribution in [0.25, 0.3) is 17.3 Å². The zero-order valence-electron chi connectivity index (χ0n) is 16.8. The molecule has 0 aliphatic carbocycles. The van der Waals surface area contributed by atoms with Crippen molar-refractivity contribution in [2.45, 2.75) is 20.8 Å². The number of carbonyl (C=O) groups excluding carboxylic acids is 1. The molecule has 0 aliphatic rings. The fraction of sp³-hybridized carbons (Fsp3) is 0.174. The van der Waals surface area contributed by atoms with Crippen LogP contribution >= 0.6 is 0 Å². The van der Waals surface area contributed by atoms with Gasteiger partial charge in [-0.25, -0.2) is 5.43 Å². The molecule has 0 fully saturated rings. The monoisotopic (exact) mass is 388 g/mol. The average Bonchev–Trinajstić information content (AvgIpc) is 3.11. The maximum Gasteiger partial charge on any atom is 0.289 e. The van der Waals surface area contributed by atoms with Gasteiger partial charge in [0.05, 0.1) is 18.5 Å². The lowest BCUT2D eigenvalue weighted by Gasteiger charge is -2.04. The summed E-state index contributed by atoms with van der Waals surface area (Å²) in [6.45, 7) is 6.34. The molecule has 0 atom stereocenters. The minimum absolute atomic E-state index is 0.337. The van der Waals surface area contributed by atoms with Crippen LogP contribution in [0.4, 0.5) is 0 Å². The Morgan fingerprint density at radius 2 is 1.90 bits per heavy atom. The van der Waals surface area contributed by atoms with Gasteiger partial charge in [-0.3, -0.25) is 9.89 Å². The zero-order valence-corrected chi connectivity index (χ0v) is 16.8. The maximum atomic E-state index is 12.5. The van der Waals surface area contributed by atoms with Crippen molar-refractivity contribution in [3.63, 3.8) is 0 Å². The van der Waals surface area contributed by atoms with Crippen LogP contribution < -0.4 is 10.2 Å². The molecule has 0 spiro atoms. The lowest BCUT2D eigenvalue weighted by atomic mass is 10.1. The van der Waals surface area contributed by atoms with Gasteiger partial charge in [-0.2, -0.15) is 10.2 Å². The van der Waals surface area contributed by atoms with Crippen molar-refractivity contribution < 1.29 is 9.53 Å². The molecule has 2 N–H and O–H groups in total. The molecule has 6 heteroatoms. The number of aromatic amines is 1. The normalized spacial score (nSPS) is 11.6. The van der Waals surface area contributed by atoms with Gasteiger partial charge >= 0.3 is 0 Å². The van der Waals surface area contributed by atoms with Crippen LogP contribution in [0, 0.1) is 6.92 Å². The molecule has 148 valence electrons. The number of allylic oxidation sites excluding steroid dienone is 1. The molecule has 0 saturated carbocycles. The number of nitrogens with one attached hydrogen (secondary N) is 2. The number of hydrogen-bond acceptors (Lipinski definition) is 4. The molecule has 2 aromatic carbocycles. The van der Waals surface area contributed by atoms with Crippen molar-refractivity contribution in [1.29, 1.82) is 0 Å². The summed E-state index contributed by atoms with van der Waals surface area (Å²) in [5, 5.41) is 11.1. The fourth-order valence-electron chi connectivity index (χ4n) is 2.87. The van der Waals surface area contributed by atoms with Gasteiger partial charge in [0, 0.05) is 11.1 Å². The van der Waals surface area contributed by atoms with Crippen LogP contribution in [0.1, 0.15) is 35.5 Å². The second-order valence-corrected chi connectivity index (χ2v) is 6.53. The summed E-state index contributed by atoms with van der Waals surface area (Å²) >= 11 is 0. The van der Waals surface area contributed by atoms with Crippen molar-refractivity contribution >= 4 is 18.2 Å². The number of ether oxygens (including phenoxy) is 1. The van der Waals surface area contributed by atoms with Gasteiger partial charge in [0.2, 0.25) is 0 Å². The third kappa shape index (κ3) is 5.19. The Morgan fingerprint density at radius 3 is 2.59 bits per heavy atom. The van der Waals surface area contributed by atoms with Crippen molar-refractivity contribution in [3.8, 4) is 17.0 Å². The molecule has 0 aliphatic heterocycles. The van der Waals surface area contributed by atoms with Gasteiger partial charge in [-0.1, -0.05) is 36.4 Å². The van der Waals surface area contributed by atoms with Crippen LogP contribution in [0.2, 0.25) is 0 Å². The third-order valence-corrected chi connectivity index (χ3v) is 4.30. The predicted molar refractivity (Wildman–Crippen MR) is 116 cm³/mol. The minimum Gasteiger partial charge on any atom is -0.494 e. The Balaban J connectivity index is 1.66. The van der Waals surface area contributed by atoms with Crippen LogP contribution in [-0.2, 0) is 0 Å². The van der Waals surface area contributed by atoms with Gasteiger partial charge in [0.15, 0.2) is 0 Å².